The van der Waals surface area contributed by atoms with Crippen LogP contribution in [-0.4, -0.2) is 49.6 Å². The molecule has 2 nitrogen and oxygen atoms in total. The van der Waals surface area contributed by atoms with Crippen molar-refractivity contribution in [2.45, 2.75) is 19.9 Å². The van der Waals surface area contributed by atoms with Gasteiger partial charge in [0.15, 0.2) is 0 Å². The summed E-state index contributed by atoms with van der Waals surface area (Å²) in [5.41, 5.74) is 0. The summed E-state index contributed by atoms with van der Waals surface area (Å²) in [6.45, 7) is 8.38. The van der Waals surface area contributed by atoms with E-state index in [1.54, 1.807) is 0 Å². The van der Waals surface area contributed by atoms with Crippen LogP contribution in [0.15, 0.2) is 0 Å². The van der Waals surface area contributed by atoms with Gasteiger partial charge in [-0.05, 0) is 26.9 Å². The van der Waals surface area contributed by atoms with Gasteiger partial charge in [0.05, 0.1) is 0 Å². The van der Waals surface area contributed by atoms with Gasteiger partial charge in [0.25, 0.3) is 0 Å². The molecule has 0 spiro atoms. The van der Waals surface area contributed by atoms with E-state index in [0.29, 0.717) is 0 Å². The Morgan fingerprint density at radius 1 is 1.36 bits per heavy atom. The highest BCUT2D eigenvalue weighted by molar-refractivity contribution is 4.85. The second-order valence-electron chi connectivity index (χ2n) is 4.02. The third-order valence-corrected chi connectivity index (χ3v) is 2.76. The summed E-state index contributed by atoms with van der Waals surface area (Å²) in [6, 6.07) is 0.815. The fourth-order valence-corrected chi connectivity index (χ4v) is 1.53. The van der Waals surface area contributed by atoms with Gasteiger partial charge in [-0.25, -0.2) is 0 Å². The minimum atomic E-state index is 0.815. The van der Waals surface area contributed by atoms with Gasteiger partial charge in [0.1, 0.15) is 0 Å². The summed E-state index contributed by atoms with van der Waals surface area (Å²) < 4.78 is 0. The molecule has 1 fully saturated rings. The van der Waals surface area contributed by atoms with Crippen LogP contribution in [0, 0.1) is 5.92 Å². The Kier molecular flexibility index (Phi) is 2.90. The van der Waals surface area contributed by atoms with Crippen LogP contribution in [0.25, 0.3) is 0 Å². The maximum atomic E-state index is 2.55. The maximum Gasteiger partial charge on any atom is 0.0112 e. The molecule has 0 aromatic carbocycles. The zero-order valence-corrected chi connectivity index (χ0v) is 8.17. The second-order valence-corrected chi connectivity index (χ2v) is 4.02. The second kappa shape index (κ2) is 3.55. The van der Waals surface area contributed by atoms with Crippen molar-refractivity contribution in [3.63, 3.8) is 0 Å². The van der Waals surface area contributed by atoms with E-state index in [2.05, 4.69) is 37.7 Å². The van der Waals surface area contributed by atoms with Crippen LogP contribution >= 0.6 is 0 Å². The summed E-state index contributed by atoms with van der Waals surface area (Å²) in [5, 5.41) is 0. The van der Waals surface area contributed by atoms with E-state index in [4.69, 9.17) is 0 Å². The minimum Gasteiger partial charge on any atom is -0.308 e. The first-order chi connectivity index (χ1) is 5.11. The number of rotatable bonds is 3. The summed E-state index contributed by atoms with van der Waals surface area (Å²) in [7, 11) is 4.27. The largest absolute Gasteiger partial charge is 0.308 e. The molecule has 1 aliphatic heterocycles. The van der Waals surface area contributed by atoms with Crippen molar-refractivity contribution in [3.8, 4) is 0 Å². The Bertz CT molecular complexity index is 123. The number of hydrogen-bond donors (Lipinski definition) is 0. The lowest BCUT2D eigenvalue weighted by Gasteiger charge is -2.45. The number of likely N-dealkylation sites (N-methyl/N-ethyl adjacent to an activating group) is 1. The quantitative estimate of drug-likeness (QED) is 0.599. The molecular formula is C9H20N2. The predicted octanol–water partition coefficient (Wildman–Crippen LogP) is 0.888. The molecule has 0 N–H and O–H groups in total. The van der Waals surface area contributed by atoms with Crippen LogP contribution in [0.4, 0.5) is 0 Å². The van der Waals surface area contributed by atoms with Crippen LogP contribution in [0.3, 0.4) is 0 Å². The van der Waals surface area contributed by atoms with Gasteiger partial charge in [-0.1, -0.05) is 6.92 Å². The third kappa shape index (κ3) is 2.17. The first kappa shape index (κ1) is 9.01. The van der Waals surface area contributed by atoms with Crippen LogP contribution in [0.1, 0.15) is 13.8 Å². The van der Waals surface area contributed by atoms with Gasteiger partial charge in [-0.15, -0.1) is 0 Å². The first-order valence-electron chi connectivity index (χ1n) is 4.50. The van der Waals surface area contributed by atoms with Crippen molar-refractivity contribution in [2.24, 2.45) is 5.92 Å². The van der Waals surface area contributed by atoms with Gasteiger partial charge in [-0.3, -0.25) is 4.90 Å². The lowest BCUT2D eigenvalue weighted by Crippen LogP contribution is -2.54. The van der Waals surface area contributed by atoms with Crippen LogP contribution in [-0.2, 0) is 0 Å². The molecule has 1 heterocycles. The molecule has 11 heavy (non-hydrogen) atoms. The normalized spacial score (nSPS) is 32.5. The summed E-state index contributed by atoms with van der Waals surface area (Å²) in [4.78, 5) is 4.79. The van der Waals surface area contributed by atoms with E-state index in [9.17, 15) is 0 Å². The molecule has 1 aliphatic rings. The number of nitrogens with zero attached hydrogens (tertiary/aromatic N) is 2. The fourth-order valence-electron chi connectivity index (χ4n) is 1.53. The first-order valence-corrected chi connectivity index (χ1v) is 4.50. The molecule has 66 valence electrons. The molecule has 2 unspecified atom stereocenters. The molecule has 0 bridgehead atoms. The van der Waals surface area contributed by atoms with E-state index >= 15 is 0 Å². The lowest BCUT2D eigenvalue weighted by atomic mass is 9.92. The molecule has 0 aromatic rings. The average Bonchev–Trinajstić information content (AvgIpc) is 1.96. The zero-order valence-electron chi connectivity index (χ0n) is 8.17. The van der Waals surface area contributed by atoms with E-state index in [1.807, 2.05) is 0 Å². The summed E-state index contributed by atoms with van der Waals surface area (Å²) in [5.74, 6) is 0.914. The van der Waals surface area contributed by atoms with Crippen molar-refractivity contribution < 1.29 is 0 Å². The van der Waals surface area contributed by atoms with E-state index in [0.717, 1.165) is 12.0 Å². The van der Waals surface area contributed by atoms with Gasteiger partial charge < -0.3 is 4.90 Å². The Morgan fingerprint density at radius 2 is 2.00 bits per heavy atom. The topological polar surface area (TPSA) is 6.48 Å². The van der Waals surface area contributed by atoms with E-state index < -0.39 is 0 Å². The molecule has 0 amide bonds. The fraction of sp³-hybridized carbons (Fsp3) is 1.00. The highest BCUT2D eigenvalue weighted by Crippen LogP contribution is 2.22. The van der Waals surface area contributed by atoms with Crippen molar-refractivity contribution >= 4 is 0 Å². The monoisotopic (exact) mass is 156 g/mol. The van der Waals surface area contributed by atoms with Gasteiger partial charge >= 0.3 is 0 Å². The molecule has 0 radical (unpaired) electrons. The van der Waals surface area contributed by atoms with Crippen molar-refractivity contribution in [1.29, 1.82) is 0 Å². The van der Waals surface area contributed by atoms with Gasteiger partial charge in [-0.2, -0.15) is 0 Å². The van der Waals surface area contributed by atoms with Crippen molar-refractivity contribution in [2.75, 3.05) is 33.7 Å². The molecular weight excluding hydrogens is 136 g/mol. The molecule has 0 aromatic heterocycles. The molecule has 2 heteroatoms. The Hall–Kier alpha value is -0.0800. The third-order valence-electron chi connectivity index (χ3n) is 2.76. The standard InChI is InChI=1S/C9H20N2/c1-8-7-11(9(8)2)6-5-10(3)4/h8-9H,5-7H2,1-4H3. The van der Waals surface area contributed by atoms with Crippen molar-refractivity contribution in [1.82, 2.24) is 9.80 Å². The molecule has 0 aliphatic carbocycles. The van der Waals surface area contributed by atoms with Crippen LogP contribution in [0.5, 0.6) is 0 Å². The minimum absolute atomic E-state index is 0.815. The molecule has 1 saturated heterocycles. The maximum absolute atomic E-state index is 2.55. The SMILES string of the molecule is CC1CN(CCN(C)C)C1C. The zero-order chi connectivity index (χ0) is 8.43. The van der Waals surface area contributed by atoms with Gasteiger partial charge in [0, 0.05) is 25.7 Å². The van der Waals surface area contributed by atoms with E-state index in [-0.39, 0.29) is 0 Å². The smallest absolute Gasteiger partial charge is 0.0112 e. The lowest BCUT2D eigenvalue weighted by molar-refractivity contribution is 0.0333. The summed E-state index contributed by atoms with van der Waals surface area (Å²) in [6.07, 6.45) is 0. The van der Waals surface area contributed by atoms with Crippen LogP contribution in [0.2, 0.25) is 0 Å². The molecule has 1 rings (SSSR count). The Labute approximate surface area is 70.2 Å². The van der Waals surface area contributed by atoms with Gasteiger partial charge in [0.2, 0.25) is 0 Å². The van der Waals surface area contributed by atoms with Crippen LogP contribution < -0.4 is 0 Å². The highest BCUT2D eigenvalue weighted by Gasteiger charge is 2.30. The average molecular weight is 156 g/mol. The van der Waals surface area contributed by atoms with Crippen molar-refractivity contribution in [3.05, 3.63) is 0 Å². The Morgan fingerprint density at radius 3 is 2.36 bits per heavy atom. The van der Waals surface area contributed by atoms with E-state index in [1.165, 1.54) is 19.6 Å². The predicted molar refractivity (Wildman–Crippen MR) is 48.8 cm³/mol. The number of likely N-dealkylation sites (tertiary alicyclic amines) is 1. The Balaban J connectivity index is 2.10. The molecule has 2 atom stereocenters. The molecule has 0 saturated carbocycles. The highest BCUT2D eigenvalue weighted by atomic mass is 15.2. The number of hydrogen-bond acceptors (Lipinski definition) is 2. The summed E-state index contributed by atoms with van der Waals surface area (Å²) >= 11 is 0.